The molecule has 4 rings (SSSR count). The Hall–Kier alpha value is -2.79. The Bertz CT molecular complexity index is 1280. The summed E-state index contributed by atoms with van der Waals surface area (Å²) in [5, 5.41) is 9.59. The molecule has 1 aliphatic rings. The van der Waals surface area contributed by atoms with Crippen LogP contribution in [0.1, 0.15) is 30.9 Å². The Morgan fingerprint density at radius 1 is 1.06 bits per heavy atom. The fourth-order valence-corrected chi connectivity index (χ4v) is 5.51. The molecule has 1 saturated heterocycles. The van der Waals surface area contributed by atoms with E-state index in [2.05, 4.69) is 0 Å². The van der Waals surface area contributed by atoms with E-state index in [1.54, 1.807) is 0 Å². The van der Waals surface area contributed by atoms with Crippen LogP contribution < -0.4 is 9.64 Å². The molecule has 1 atom stereocenters. The van der Waals surface area contributed by atoms with Crippen molar-refractivity contribution in [3.05, 3.63) is 54.0 Å². The number of piperidine rings is 1. The number of alkyl halides is 3. The zero-order valence-corrected chi connectivity index (χ0v) is 18.5. The molecule has 6 nitrogen and oxygen atoms in total. The van der Waals surface area contributed by atoms with Gasteiger partial charge in [0.15, 0.2) is 6.10 Å². The molecule has 3 aromatic rings. The number of fused-ring (bicyclic) bond motifs is 1. The van der Waals surface area contributed by atoms with Crippen molar-refractivity contribution in [2.45, 2.75) is 36.4 Å². The molecule has 1 aliphatic heterocycles. The monoisotopic (exact) mass is 486 g/mol. The molecule has 2 aromatic carbocycles. The summed E-state index contributed by atoms with van der Waals surface area (Å²) >= 11 is 0. The van der Waals surface area contributed by atoms with Crippen LogP contribution in [0.25, 0.3) is 10.9 Å². The molecular weight excluding hydrogens is 464 g/mol. The van der Waals surface area contributed by atoms with Gasteiger partial charge >= 0.3 is 6.18 Å². The van der Waals surface area contributed by atoms with Crippen LogP contribution in [0.15, 0.2) is 47.5 Å². The lowest BCUT2D eigenvalue weighted by Gasteiger charge is -2.30. The number of anilines is 1. The first-order chi connectivity index (χ1) is 15.5. The van der Waals surface area contributed by atoms with E-state index in [0.29, 0.717) is 34.7 Å². The normalized spacial score (nSPS) is 16.2. The van der Waals surface area contributed by atoms with E-state index in [1.807, 2.05) is 4.90 Å². The number of nitrogens with zero attached hydrogens (tertiary/aromatic N) is 2. The van der Waals surface area contributed by atoms with E-state index in [9.17, 15) is 31.1 Å². The van der Waals surface area contributed by atoms with Gasteiger partial charge in [-0.3, -0.25) is 0 Å². The van der Waals surface area contributed by atoms with Gasteiger partial charge in [0.1, 0.15) is 11.6 Å². The summed E-state index contributed by atoms with van der Waals surface area (Å²) in [6.45, 7) is 1.42. The second-order valence-corrected chi connectivity index (χ2v) is 9.69. The molecule has 1 unspecified atom stereocenters. The van der Waals surface area contributed by atoms with E-state index >= 15 is 0 Å². The van der Waals surface area contributed by atoms with Crippen LogP contribution in [0.3, 0.4) is 0 Å². The number of ether oxygens (including phenoxy) is 1. The molecule has 11 heteroatoms. The minimum atomic E-state index is -5.03. The van der Waals surface area contributed by atoms with E-state index in [0.717, 1.165) is 37.5 Å². The Morgan fingerprint density at radius 2 is 1.76 bits per heavy atom. The SMILES string of the molecule is COc1ccc(S(=O)(=O)n2cc(C(O)C(F)(F)F)c3ccc(F)cc32)cc1N1CCCCC1. The summed E-state index contributed by atoms with van der Waals surface area (Å²) in [5.41, 5.74) is -0.425. The Balaban J connectivity index is 1.89. The summed E-state index contributed by atoms with van der Waals surface area (Å²) in [6, 6.07) is 6.93. The van der Waals surface area contributed by atoms with Crippen LogP contribution in [-0.2, 0) is 10.0 Å². The van der Waals surface area contributed by atoms with Crippen molar-refractivity contribution in [3.8, 4) is 5.75 Å². The van der Waals surface area contributed by atoms with Crippen LogP contribution in [-0.4, -0.2) is 43.9 Å². The predicted molar refractivity (Wildman–Crippen MR) is 115 cm³/mol. The van der Waals surface area contributed by atoms with Crippen molar-refractivity contribution < 1.29 is 35.8 Å². The first-order valence-electron chi connectivity index (χ1n) is 10.3. The third-order valence-corrected chi connectivity index (χ3v) is 7.44. The van der Waals surface area contributed by atoms with Gasteiger partial charge in [-0.05, 0) is 55.7 Å². The van der Waals surface area contributed by atoms with Crippen LogP contribution in [0, 0.1) is 5.82 Å². The van der Waals surface area contributed by atoms with Crippen molar-refractivity contribution in [2.24, 2.45) is 0 Å². The zero-order valence-electron chi connectivity index (χ0n) is 17.6. The van der Waals surface area contributed by atoms with Gasteiger partial charge in [-0.1, -0.05) is 0 Å². The van der Waals surface area contributed by atoms with Gasteiger partial charge in [0.2, 0.25) is 0 Å². The molecule has 2 heterocycles. The highest BCUT2D eigenvalue weighted by molar-refractivity contribution is 7.90. The largest absolute Gasteiger partial charge is 0.495 e. The fraction of sp³-hybridized carbons (Fsp3) is 0.364. The van der Waals surface area contributed by atoms with E-state index in [1.165, 1.54) is 25.3 Å². The number of hydrogen-bond acceptors (Lipinski definition) is 5. The highest BCUT2D eigenvalue weighted by Crippen LogP contribution is 2.39. The van der Waals surface area contributed by atoms with E-state index in [-0.39, 0.29) is 15.8 Å². The molecule has 0 saturated carbocycles. The second-order valence-electron chi connectivity index (χ2n) is 7.87. The van der Waals surface area contributed by atoms with E-state index in [4.69, 9.17) is 4.74 Å². The van der Waals surface area contributed by atoms with Gasteiger partial charge in [0.05, 0.1) is 23.2 Å². The second kappa shape index (κ2) is 8.53. The molecule has 1 N–H and O–H groups in total. The highest BCUT2D eigenvalue weighted by Gasteiger charge is 2.41. The van der Waals surface area contributed by atoms with Gasteiger partial charge in [-0.25, -0.2) is 16.8 Å². The maximum absolute atomic E-state index is 13.9. The van der Waals surface area contributed by atoms with Gasteiger partial charge in [0, 0.05) is 30.2 Å². The van der Waals surface area contributed by atoms with Crippen LogP contribution in [0.5, 0.6) is 5.75 Å². The first kappa shape index (κ1) is 23.4. The molecule has 178 valence electrons. The van der Waals surface area contributed by atoms with Gasteiger partial charge in [-0.15, -0.1) is 0 Å². The fourth-order valence-electron chi connectivity index (χ4n) is 4.12. The molecule has 0 amide bonds. The Kier molecular flexibility index (Phi) is 6.04. The number of methoxy groups -OCH3 is 1. The maximum atomic E-state index is 13.9. The number of hydrogen-bond donors (Lipinski definition) is 1. The molecule has 0 bridgehead atoms. The van der Waals surface area contributed by atoms with Gasteiger partial charge in [0.25, 0.3) is 10.0 Å². The predicted octanol–water partition coefficient (Wildman–Crippen LogP) is 4.61. The van der Waals surface area contributed by atoms with Crippen molar-refractivity contribution in [2.75, 3.05) is 25.1 Å². The summed E-state index contributed by atoms with van der Waals surface area (Å²) in [6.07, 6.45) is -4.34. The number of aliphatic hydroxyl groups is 1. The minimum absolute atomic E-state index is 0.196. The number of aromatic nitrogens is 1. The summed E-state index contributed by atoms with van der Waals surface area (Å²) < 4.78 is 86.5. The maximum Gasteiger partial charge on any atom is 0.418 e. The minimum Gasteiger partial charge on any atom is -0.495 e. The quantitative estimate of drug-likeness (QED) is 0.534. The Morgan fingerprint density at radius 3 is 2.39 bits per heavy atom. The number of halogens is 4. The lowest BCUT2D eigenvalue weighted by Crippen LogP contribution is -2.30. The number of benzene rings is 2. The van der Waals surface area contributed by atoms with E-state index < -0.39 is 33.7 Å². The molecule has 0 aliphatic carbocycles. The van der Waals surface area contributed by atoms with Crippen molar-refractivity contribution in [1.82, 2.24) is 3.97 Å². The lowest BCUT2D eigenvalue weighted by atomic mass is 10.1. The summed E-state index contributed by atoms with van der Waals surface area (Å²) in [7, 11) is -2.98. The van der Waals surface area contributed by atoms with Gasteiger partial charge in [-0.2, -0.15) is 13.2 Å². The molecule has 1 fully saturated rings. The van der Waals surface area contributed by atoms with Crippen LogP contribution >= 0.6 is 0 Å². The van der Waals surface area contributed by atoms with Crippen molar-refractivity contribution in [1.29, 1.82) is 0 Å². The van der Waals surface area contributed by atoms with Crippen LogP contribution in [0.2, 0.25) is 0 Å². The smallest absolute Gasteiger partial charge is 0.418 e. The van der Waals surface area contributed by atoms with Crippen molar-refractivity contribution in [3.63, 3.8) is 0 Å². The Labute approximate surface area is 188 Å². The topological polar surface area (TPSA) is 71.8 Å². The average molecular weight is 486 g/mol. The molecule has 0 radical (unpaired) electrons. The first-order valence-corrected chi connectivity index (χ1v) is 11.7. The zero-order chi connectivity index (χ0) is 24.0. The average Bonchev–Trinajstić information content (AvgIpc) is 3.17. The molecular formula is C22H22F4N2O4S. The highest BCUT2D eigenvalue weighted by atomic mass is 32.2. The van der Waals surface area contributed by atoms with Gasteiger partial charge < -0.3 is 14.7 Å². The number of aliphatic hydroxyl groups excluding tert-OH is 1. The standard InChI is InChI=1S/C22H22F4N2O4S/c1-32-20-8-6-15(12-19(20)27-9-3-2-4-10-27)33(30,31)28-13-17(21(29)22(24,25)26)16-7-5-14(23)11-18(16)28/h5-8,11-13,21,29H,2-4,9-10H2,1H3. The number of rotatable bonds is 5. The summed E-state index contributed by atoms with van der Waals surface area (Å²) in [5.74, 6) is -0.360. The van der Waals surface area contributed by atoms with Crippen LogP contribution in [0.4, 0.5) is 23.2 Å². The molecule has 33 heavy (non-hydrogen) atoms. The lowest BCUT2D eigenvalue weighted by molar-refractivity contribution is -0.206. The summed E-state index contributed by atoms with van der Waals surface area (Å²) in [4.78, 5) is 1.80. The van der Waals surface area contributed by atoms with Crippen molar-refractivity contribution >= 4 is 26.6 Å². The third-order valence-electron chi connectivity index (χ3n) is 5.77. The third kappa shape index (κ3) is 4.26. The molecule has 1 aromatic heterocycles. The molecule has 0 spiro atoms.